The van der Waals surface area contributed by atoms with E-state index in [0.29, 0.717) is 0 Å². The molecule has 0 radical (unpaired) electrons. The molecule has 0 heterocycles. The minimum atomic E-state index is 0.964. The van der Waals surface area contributed by atoms with Crippen molar-refractivity contribution in [3.63, 3.8) is 0 Å². The van der Waals surface area contributed by atoms with Crippen LogP contribution < -0.4 is 0 Å². The molecule has 0 fully saturated rings. The van der Waals surface area contributed by atoms with Crippen molar-refractivity contribution in [2.45, 2.75) is 27.2 Å². The highest BCUT2D eigenvalue weighted by atomic mass is 14.2. The molecule has 0 aromatic rings. The molecule has 0 atom stereocenters. The number of rotatable bonds is 2. The lowest BCUT2D eigenvalue weighted by atomic mass is 9.91. The maximum absolute atomic E-state index is 4.04. The molecule has 0 spiro atoms. The van der Waals surface area contributed by atoms with Gasteiger partial charge in [0.1, 0.15) is 0 Å². The molecule has 0 saturated carbocycles. The van der Waals surface area contributed by atoms with Gasteiger partial charge in [-0.15, -0.1) is 0 Å². The number of hydrogen-bond acceptors (Lipinski definition) is 0. The molecule has 0 bridgehead atoms. The van der Waals surface area contributed by atoms with E-state index < -0.39 is 0 Å². The van der Waals surface area contributed by atoms with Crippen LogP contribution in [0.25, 0.3) is 0 Å². The summed E-state index contributed by atoms with van der Waals surface area (Å²) >= 11 is 0. The Hall–Kier alpha value is -1.30. The van der Waals surface area contributed by atoms with E-state index >= 15 is 0 Å². The lowest BCUT2D eigenvalue weighted by molar-refractivity contribution is 1.16. The van der Waals surface area contributed by atoms with Gasteiger partial charge in [-0.25, -0.2) is 0 Å². The summed E-state index contributed by atoms with van der Waals surface area (Å²) in [5, 5.41) is 0. The summed E-state index contributed by atoms with van der Waals surface area (Å²) in [5.41, 5.74) is 6.15. The van der Waals surface area contributed by atoms with E-state index in [4.69, 9.17) is 0 Å². The second kappa shape index (κ2) is 4.28. The Morgan fingerprint density at radius 3 is 2.36 bits per heavy atom. The smallest absolute Gasteiger partial charge is 0.00858 e. The Balaban J connectivity index is 3.32. The molecule has 0 unspecified atom stereocenters. The fourth-order valence-electron chi connectivity index (χ4n) is 1.80. The Kier molecular flexibility index (Phi) is 3.29. The average molecular weight is 186 g/mol. The van der Waals surface area contributed by atoms with Crippen LogP contribution in [0, 0.1) is 0 Å². The van der Waals surface area contributed by atoms with Crippen molar-refractivity contribution in [3.8, 4) is 0 Å². The zero-order valence-electron chi connectivity index (χ0n) is 9.35. The van der Waals surface area contributed by atoms with Crippen LogP contribution in [0.15, 0.2) is 59.3 Å². The third-order valence-electron chi connectivity index (χ3n) is 2.44. The van der Waals surface area contributed by atoms with Crippen LogP contribution in [-0.2, 0) is 0 Å². The predicted octanol–water partition coefficient (Wildman–Crippen LogP) is 4.34. The van der Waals surface area contributed by atoms with E-state index in [1.54, 1.807) is 0 Å². The van der Waals surface area contributed by atoms with Crippen molar-refractivity contribution in [1.29, 1.82) is 0 Å². The van der Waals surface area contributed by atoms with E-state index in [9.17, 15) is 0 Å². The van der Waals surface area contributed by atoms with Gasteiger partial charge in [-0.3, -0.25) is 0 Å². The molecule has 1 rings (SSSR count). The zero-order chi connectivity index (χ0) is 10.7. The molecule has 74 valence electrons. The summed E-state index contributed by atoms with van der Waals surface area (Å²) < 4.78 is 0. The van der Waals surface area contributed by atoms with E-state index in [1.807, 2.05) is 0 Å². The van der Waals surface area contributed by atoms with Gasteiger partial charge in [0.2, 0.25) is 0 Å². The highest BCUT2D eigenvalue weighted by Gasteiger charge is 2.10. The predicted molar refractivity (Wildman–Crippen MR) is 64.2 cm³/mol. The van der Waals surface area contributed by atoms with Crippen molar-refractivity contribution in [2.24, 2.45) is 0 Å². The highest BCUT2D eigenvalue weighted by molar-refractivity contribution is 5.54. The van der Waals surface area contributed by atoms with Gasteiger partial charge in [-0.2, -0.15) is 0 Å². The first kappa shape index (κ1) is 10.8. The lowest BCUT2D eigenvalue weighted by Crippen LogP contribution is -1.95. The first-order valence-electron chi connectivity index (χ1n) is 4.92. The van der Waals surface area contributed by atoms with E-state index in [-0.39, 0.29) is 0 Å². The maximum Gasteiger partial charge on any atom is -0.00858 e. The van der Waals surface area contributed by atoms with Crippen molar-refractivity contribution in [2.75, 3.05) is 0 Å². The van der Waals surface area contributed by atoms with Gasteiger partial charge in [0.05, 0.1) is 0 Å². The third-order valence-corrected chi connectivity index (χ3v) is 2.44. The topological polar surface area (TPSA) is 0 Å². The van der Waals surface area contributed by atoms with Gasteiger partial charge in [0.25, 0.3) is 0 Å². The molecular weight excluding hydrogens is 168 g/mol. The van der Waals surface area contributed by atoms with Gasteiger partial charge in [-0.05, 0) is 43.9 Å². The molecule has 14 heavy (non-hydrogen) atoms. The molecule has 0 N–H and O–H groups in total. The monoisotopic (exact) mass is 186 g/mol. The Morgan fingerprint density at radius 1 is 1.21 bits per heavy atom. The minimum Gasteiger partial charge on any atom is -0.0958 e. The summed E-state index contributed by atoms with van der Waals surface area (Å²) in [6, 6.07) is 0. The van der Waals surface area contributed by atoms with Crippen LogP contribution in [0.5, 0.6) is 0 Å². The summed E-state index contributed by atoms with van der Waals surface area (Å²) in [5.74, 6) is 0. The zero-order valence-corrected chi connectivity index (χ0v) is 9.35. The molecule has 0 aliphatic heterocycles. The molecule has 0 heteroatoms. The van der Waals surface area contributed by atoms with Gasteiger partial charge in [-0.1, -0.05) is 42.5 Å². The molecule has 0 aromatic heterocycles. The molecule has 0 aromatic carbocycles. The quantitative estimate of drug-likeness (QED) is 0.601. The van der Waals surface area contributed by atoms with E-state index in [1.165, 1.54) is 16.7 Å². The summed E-state index contributed by atoms with van der Waals surface area (Å²) in [6.07, 6.45) is 7.38. The molecule has 0 nitrogen and oxygen atoms in total. The number of hydrogen-bond donors (Lipinski definition) is 0. The largest absolute Gasteiger partial charge is 0.0958 e. The SMILES string of the molecule is C=C(C)C1=C(C(=C)C)C(C)=CC=CC1. The summed E-state index contributed by atoms with van der Waals surface area (Å²) in [7, 11) is 0. The molecule has 1 aliphatic rings. The van der Waals surface area contributed by atoms with Crippen LogP contribution in [0.4, 0.5) is 0 Å². The molecule has 0 saturated heterocycles. The standard InChI is InChI=1S/C14H18/c1-10(2)13-9-7-6-8-12(5)14(13)11(3)4/h6-8H,1,3,9H2,2,4-5H3. The fourth-order valence-corrected chi connectivity index (χ4v) is 1.80. The second-order valence-corrected chi connectivity index (χ2v) is 3.90. The Labute approximate surface area is 87.0 Å². The van der Waals surface area contributed by atoms with Crippen LogP contribution in [0.3, 0.4) is 0 Å². The average Bonchev–Trinajstić information content (AvgIpc) is 2.26. The van der Waals surface area contributed by atoms with E-state index in [0.717, 1.165) is 17.6 Å². The first-order chi connectivity index (χ1) is 6.54. The van der Waals surface area contributed by atoms with Crippen molar-refractivity contribution < 1.29 is 0 Å². The minimum absolute atomic E-state index is 0.964. The van der Waals surface area contributed by atoms with Crippen LogP contribution in [0.2, 0.25) is 0 Å². The molecule has 1 aliphatic carbocycles. The maximum atomic E-state index is 4.04. The van der Waals surface area contributed by atoms with Gasteiger partial charge < -0.3 is 0 Å². The lowest BCUT2D eigenvalue weighted by Gasteiger charge is -2.14. The van der Waals surface area contributed by atoms with Gasteiger partial charge in [0, 0.05) is 0 Å². The fraction of sp³-hybridized carbons (Fsp3) is 0.286. The van der Waals surface area contributed by atoms with Gasteiger partial charge >= 0.3 is 0 Å². The highest BCUT2D eigenvalue weighted by Crippen LogP contribution is 2.29. The van der Waals surface area contributed by atoms with Crippen LogP contribution in [0.1, 0.15) is 27.2 Å². The Bertz CT molecular complexity index is 359. The normalized spacial score (nSPS) is 16.4. The third kappa shape index (κ3) is 2.14. The Morgan fingerprint density at radius 2 is 1.86 bits per heavy atom. The van der Waals surface area contributed by atoms with Crippen LogP contribution in [-0.4, -0.2) is 0 Å². The van der Waals surface area contributed by atoms with Gasteiger partial charge in [0.15, 0.2) is 0 Å². The van der Waals surface area contributed by atoms with Crippen molar-refractivity contribution >= 4 is 0 Å². The molecular formula is C14H18. The first-order valence-corrected chi connectivity index (χ1v) is 4.92. The summed E-state index contributed by atoms with van der Waals surface area (Å²) in [6.45, 7) is 14.3. The van der Waals surface area contributed by atoms with Crippen molar-refractivity contribution in [1.82, 2.24) is 0 Å². The van der Waals surface area contributed by atoms with Crippen LogP contribution >= 0.6 is 0 Å². The number of allylic oxidation sites excluding steroid dienone is 8. The summed E-state index contributed by atoms with van der Waals surface area (Å²) in [4.78, 5) is 0. The second-order valence-electron chi connectivity index (χ2n) is 3.90. The van der Waals surface area contributed by atoms with E-state index in [2.05, 4.69) is 52.2 Å². The molecule has 0 amide bonds. The van der Waals surface area contributed by atoms with Crippen molar-refractivity contribution in [3.05, 3.63) is 59.3 Å².